The first kappa shape index (κ1) is 14.0. The minimum atomic E-state index is -0.335. The standard InChI is InChI=1S/C13H14INO2/c1-13(2,3)17-16-9-12(14)11-6-4-10(8-15)5-7-11/h4-7,9H,1-3H3. The first-order valence-corrected chi connectivity index (χ1v) is 6.21. The third-order valence-electron chi connectivity index (χ3n) is 1.74. The Morgan fingerprint density at radius 3 is 2.35 bits per heavy atom. The van der Waals surface area contributed by atoms with E-state index in [-0.39, 0.29) is 5.60 Å². The van der Waals surface area contributed by atoms with Crippen LogP contribution in [0.5, 0.6) is 0 Å². The molecule has 4 heteroatoms. The fraction of sp³-hybridized carbons (Fsp3) is 0.308. The molecule has 1 aromatic rings. The van der Waals surface area contributed by atoms with E-state index < -0.39 is 0 Å². The first-order chi connectivity index (χ1) is 7.92. The number of rotatable bonds is 3. The van der Waals surface area contributed by atoms with E-state index in [2.05, 4.69) is 28.7 Å². The summed E-state index contributed by atoms with van der Waals surface area (Å²) in [6, 6.07) is 9.36. The van der Waals surface area contributed by atoms with Gasteiger partial charge in [0.1, 0.15) is 11.9 Å². The third-order valence-corrected chi connectivity index (χ3v) is 2.62. The molecule has 0 heterocycles. The second-order valence-corrected chi connectivity index (χ2v) is 5.61. The summed E-state index contributed by atoms with van der Waals surface area (Å²) < 4.78 is 0.913. The van der Waals surface area contributed by atoms with Gasteiger partial charge in [0, 0.05) is 0 Å². The van der Waals surface area contributed by atoms with Crippen LogP contribution >= 0.6 is 22.6 Å². The summed E-state index contributed by atoms with van der Waals surface area (Å²) in [7, 11) is 0. The quantitative estimate of drug-likeness (QED) is 0.360. The van der Waals surface area contributed by atoms with Gasteiger partial charge in [0.05, 0.1) is 15.2 Å². The van der Waals surface area contributed by atoms with Crippen LogP contribution in [0.2, 0.25) is 0 Å². The van der Waals surface area contributed by atoms with E-state index in [1.165, 1.54) is 0 Å². The summed E-state index contributed by atoms with van der Waals surface area (Å²) in [5, 5.41) is 8.69. The molecule has 0 radical (unpaired) electrons. The Kier molecular flexibility index (Phi) is 4.97. The van der Waals surface area contributed by atoms with E-state index in [0.717, 1.165) is 9.14 Å². The van der Waals surface area contributed by atoms with E-state index in [1.807, 2.05) is 32.9 Å². The van der Waals surface area contributed by atoms with E-state index >= 15 is 0 Å². The van der Waals surface area contributed by atoms with Gasteiger partial charge >= 0.3 is 0 Å². The van der Waals surface area contributed by atoms with Gasteiger partial charge in [0.2, 0.25) is 0 Å². The molecule has 0 aliphatic heterocycles. The average molecular weight is 343 g/mol. The van der Waals surface area contributed by atoms with Gasteiger partial charge in [0.25, 0.3) is 0 Å². The van der Waals surface area contributed by atoms with Crippen LogP contribution in [0.4, 0.5) is 0 Å². The molecule has 0 unspecified atom stereocenters. The minimum Gasteiger partial charge on any atom is -0.344 e. The van der Waals surface area contributed by atoms with Crippen molar-refractivity contribution >= 4 is 26.2 Å². The molecular formula is C13H14INO2. The van der Waals surface area contributed by atoms with E-state index in [1.54, 1.807) is 18.4 Å². The van der Waals surface area contributed by atoms with Crippen LogP contribution in [-0.4, -0.2) is 5.60 Å². The molecule has 0 aliphatic rings. The summed E-state index contributed by atoms with van der Waals surface area (Å²) in [6.07, 6.45) is 1.55. The Bertz CT molecular complexity index is 438. The molecule has 90 valence electrons. The molecule has 0 aliphatic carbocycles. The minimum absolute atomic E-state index is 0.335. The molecular weight excluding hydrogens is 329 g/mol. The topological polar surface area (TPSA) is 42.2 Å². The molecule has 0 aromatic heterocycles. The molecule has 1 rings (SSSR count). The van der Waals surface area contributed by atoms with E-state index in [9.17, 15) is 0 Å². The van der Waals surface area contributed by atoms with Crippen LogP contribution in [0.25, 0.3) is 3.58 Å². The van der Waals surface area contributed by atoms with Crippen LogP contribution < -0.4 is 0 Å². The lowest BCUT2D eigenvalue weighted by molar-refractivity contribution is -0.309. The molecule has 3 nitrogen and oxygen atoms in total. The van der Waals surface area contributed by atoms with E-state index in [4.69, 9.17) is 15.0 Å². The molecule has 0 saturated heterocycles. The highest BCUT2D eigenvalue weighted by Crippen LogP contribution is 2.22. The van der Waals surface area contributed by atoms with Crippen molar-refractivity contribution in [3.8, 4) is 6.07 Å². The second kappa shape index (κ2) is 6.03. The van der Waals surface area contributed by atoms with Crippen LogP contribution in [0.1, 0.15) is 31.9 Å². The molecule has 0 saturated carbocycles. The Hall–Kier alpha value is -1.06. The van der Waals surface area contributed by atoms with Gasteiger partial charge in [-0.3, -0.25) is 0 Å². The third kappa shape index (κ3) is 5.20. The molecule has 0 spiro atoms. The van der Waals surface area contributed by atoms with Crippen molar-refractivity contribution in [2.75, 3.05) is 0 Å². The zero-order valence-corrected chi connectivity index (χ0v) is 12.2. The molecule has 1 aromatic carbocycles. The predicted molar refractivity (Wildman–Crippen MR) is 75.1 cm³/mol. The number of nitrogens with zero attached hydrogens (tertiary/aromatic N) is 1. The zero-order valence-electron chi connectivity index (χ0n) is 10.0. The van der Waals surface area contributed by atoms with Gasteiger partial charge in [-0.25, -0.2) is 0 Å². The smallest absolute Gasteiger partial charge is 0.143 e. The van der Waals surface area contributed by atoms with Gasteiger partial charge in [-0.15, -0.1) is 0 Å². The highest BCUT2D eigenvalue weighted by atomic mass is 127. The zero-order chi connectivity index (χ0) is 12.9. The number of hydrogen-bond acceptors (Lipinski definition) is 3. The van der Waals surface area contributed by atoms with Crippen molar-refractivity contribution < 1.29 is 9.78 Å². The lowest BCUT2D eigenvalue weighted by Gasteiger charge is -2.15. The Labute approximate surface area is 115 Å². The summed E-state index contributed by atoms with van der Waals surface area (Å²) in [4.78, 5) is 10.2. The summed E-state index contributed by atoms with van der Waals surface area (Å²) in [5.41, 5.74) is 1.30. The second-order valence-electron chi connectivity index (χ2n) is 4.45. The predicted octanol–water partition coefficient (Wildman–Crippen LogP) is 4.04. The van der Waals surface area contributed by atoms with Crippen LogP contribution in [0.15, 0.2) is 30.5 Å². The van der Waals surface area contributed by atoms with E-state index in [0.29, 0.717) is 5.56 Å². The lowest BCUT2D eigenvalue weighted by Crippen LogP contribution is -2.17. The maximum atomic E-state index is 8.69. The fourth-order valence-corrected chi connectivity index (χ4v) is 1.45. The highest BCUT2D eigenvalue weighted by molar-refractivity contribution is 14.1. The van der Waals surface area contributed by atoms with Crippen molar-refractivity contribution in [2.45, 2.75) is 26.4 Å². The van der Waals surface area contributed by atoms with Gasteiger partial charge in [-0.2, -0.15) is 10.1 Å². The summed E-state index contributed by atoms with van der Waals surface area (Å²) >= 11 is 2.16. The number of nitriles is 1. The molecule has 0 amide bonds. The Morgan fingerprint density at radius 1 is 1.29 bits per heavy atom. The molecule has 17 heavy (non-hydrogen) atoms. The fourth-order valence-electron chi connectivity index (χ4n) is 0.983. The molecule has 0 N–H and O–H groups in total. The van der Waals surface area contributed by atoms with Gasteiger partial charge in [-0.1, -0.05) is 12.1 Å². The Balaban J connectivity index is 2.66. The highest BCUT2D eigenvalue weighted by Gasteiger charge is 2.11. The monoisotopic (exact) mass is 343 g/mol. The molecule has 0 fully saturated rings. The number of hydrogen-bond donors (Lipinski definition) is 0. The Morgan fingerprint density at radius 2 is 1.88 bits per heavy atom. The maximum Gasteiger partial charge on any atom is 0.143 e. The molecule has 0 bridgehead atoms. The van der Waals surface area contributed by atoms with Crippen LogP contribution in [0.3, 0.4) is 0 Å². The van der Waals surface area contributed by atoms with Crippen LogP contribution in [-0.2, 0) is 9.78 Å². The average Bonchev–Trinajstić information content (AvgIpc) is 2.27. The van der Waals surface area contributed by atoms with Crippen molar-refractivity contribution in [1.29, 1.82) is 5.26 Å². The summed E-state index contributed by atoms with van der Waals surface area (Å²) in [6.45, 7) is 5.74. The van der Waals surface area contributed by atoms with Crippen molar-refractivity contribution in [3.05, 3.63) is 41.7 Å². The SMILES string of the molecule is CC(C)(C)OOC=C(I)c1ccc(C#N)cc1. The summed E-state index contributed by atoms with van der Waals surface area (Å²) in [5.74, 6) is 0. The first-order valence-electron chi connectivity index (χ1n) is 5.13. The molecule has 0 atom stereocenters. The number of benzene rings is 1. The number of halogens is 1. The maximum absolute atomic E-state index is 8.69. The van der Waals surface area contributed by atoms with Gasteiger partial charge < -0.3 is 4.89 Å². The van der Waals surface area contributed by atoms with Crippen molar-refractivity contribution in [2.24, 2.45) is 0 Å². The largest absolute Gasteiger partial charge is 0.344 e. The lowest BCUT2D eigenvalue weighted by atomic mass is 10.1. The normalized spacial score (nSPS) is 12.1. The van der Waals surface area contributed by atoms with Gasteiger partial charge in [0.15, 0.2) is 0 Å². The van der Waals surface area contributed by atoms with Crippen LogP contribution in [0, 0.1) is 11.3 Å². The van der Waals surface area contributed by atoms with Crippen molar-refractivity contribution in [1.82, 2.24) is 0 Å². The van der Waals surface area contributed by atoms with Crippen molar-refractivity contribution in [3.63, 3.8) is 0 Å². The van der Waals surface area contributed by atoms with Gasteiger partial charge in [-0.05, 0) is 61.1 Å².